The van der Waals surface area contributed by atoms with Gasteiger partial charge in [-0.15, -0.1) is 0 Å². The molecule has 0 unspecified atom stereocenters. The Balaban J connectivity index is 2.99. The average molecular weight is 259 g/mol. The second kappa shape index (κ2) is 5.71. The molecule has 0 atom stereocenters. The van der Waals surface area contributed by atoms with Crippen molar-refractivity contribution in [2.45, 2.75) is 20.8 Å². The molecule has 0 aliphatic carbocycles. The van der Waals surface area contributed by atoms with E-state index in [9.17, 15) is 4.79 Å². The Hall–Kier alpha value is -2.07. The highest BCUT2D eigenvalue weighted by atomic mass is 16.2. The summed E-state index contributed by atoms with van der Waals surface area (Å²) >= 11 is 0. The number of nitrogens with two attached hydrogens (primary N) is 1. The molecule has 1 aliphatic heterocycles. The molecule has 0 radical (unpaired) electrons. The monoisotopic (exact) mass is 259 g/mol. The van der Waals surface area contributed by atoms with Gasteiger partial charge in [-0.05, 0) is 38.5 Å². The summed E-state index contributed by atoms with van der Waals surface area (Å²) in [5.74, 6) is 5.78. The van der Waals surface area contributed by atoms with Crippen molar-refractivity contribution in [3.05, 3.63) is 60.6 Å². The lowest BCUT2D eigenvalue weighted by Gasteiger charge is -2.30. The molecule has 4 nitrogen and oxygen atoms in total. The maximum atomic E-state index is 12.2. The summed E-state index contributed by atoms with van der Waals surface area (Å²) in [6.45, 7) is 12.7. The van der Waals surface area contributed by atoms with E-state index >= 15 is 0 Å². The molecule has 0 saturated heterocycles. The Morgan fingerprint density at radius 1 is 1.47 bits per heavy atom. The summed E-state index contributed by atoms with van der Waals surface area (Å²) in [5.41, 5.74) is 1.58. The number of carbonyl (C=O) groups is 1. The van der Waals surface area contributed by atoms with Gasteiger partial charge in [0.05, 0.1) is 11.1 Å². The fraction of sp³-hybridized carbons (Fsp3) is 0.267. The van der Waals surface area contributed by atoms with Crippen molar-refractivity contribution in [2.75, 3.05) is 0 Å². The molecule has 1 amide bonds. The normalized spacial score (nSPS) is 17.2. The summed E-state index contributed by atoms with van der Waals surface area (Å²) in [6, 6.07) is 0. The Labute approximate surface area is 114 Å². The zero-order valence-electron chi connectivity index (χ0n) is 11.7. The molecule has 0 aromatic heterocycles. The van der Waals surface area contributed by atoms with E-state index in [-0.39, 0.29) is 5.91 Å². The van der Waals surface area contributed by atoms with Gasteiger partial charge in [0.1, 0.15) is 0 Å². The van der Waals surface area contributed by atoms with Gasteiger partial charge in [-0.1, -0.05) is 25.3 Å². The predicted octanol–water partition coefficient (Wildman–Crippen LogP) is 2.36. The van der Waals surface area contributed by atoms with Gasteiger partial charge in [0.2, 0.25) is 5.91 Å². The largest absolute Gasteiger partial charge is 0.330 e. The van der Waals surface area contributed by atoms with Crippen molar-refractivity contribution < 1.29 is 4.79 Å². The van der Waals surface area contributed by atoms with Crippen LogP contribution in [0.3, 0.4) is 0 Å². The lowest BCUT2D eigenvalue weighted by atomic mass is 9.82. The average Bonchev–Trinajstić information content (AvgIpc) is 2.31. The van der Waals surface area contributed by atoms with Gasteiger partial charge in [0.15, 0.2) is 0 Å². The van der Waals surface area contributed by atoms with Gasteiger partial charge in [0, 0.05) is 11.9 Å². The third-order valence-electron chi connectivity index (χ3n) is 2.91. The van der Waals surface area contributed by atoms with Crippen LogP contribution in [-0.4, -0.2) is 10.9 Å². The maximum absolute atomic E-state index is 12.2. The van der Waals surface area contributed by atoms with E-state index in [1.807, 2.05) is 26.0 Å². The van der Waals surface area contributed by atoms with Crippen molar-refractivity contribution in [1.82, 2.24) is 10.3 Å². The van der Waals surface area contributed by atoms with Gasteiger partial charge in [-0.2, -0.15) is 0 Å². The molecule has 4 heteroatoms. The summed E-state index contributed by atoms with van der Waals surface area (Å²) < 4.78 is 0. The van der Waals surface area contributed by atoms with Crippen molar-refractivity contribution >= 4 is 5.91 Å². The Morgan fingerprint density at radius 3 is 2.58 bits per heavy atom. The minimum Gasteiger partial charge on any atom is -0.330 e. The molecule has 102 valence electrons. The van der Waals surface area contributed by atoms with Crippen molar-refractivity contribution in [3.63, 3.8) is 0 Å². The van der Waals surface area contributed by atoms with Crippen LogP contribution >= 0.6 is 0 Å². The minimum atomic E-state index is -0.688. The standard InChI is InChI=1S/C15H21N3O/c1-6-7-13-9-8-12(10-18(13)16)15(4,5)14(19)17-11(2)3/h6-10H,1-2,16H2,3-5H3,(H,17,19)/b13-7-. The molecular weight excluding hydrogens is 238 g/mol. The molecule has 19 heavy (non-hydrogen) atoms. The molecule has 0 aromatic carbocycles. The first-order chi connectivity index (χ1) is 8.78. The van der Waals surface area contributed by atoms with Crippen LogP contribution in [0.1, 0.15) is 20.8 Å². The molecule has 3 N–H and O–H groups in total. The molecule has 0 fully saturated rings. The quantitative estimate of drug-likeness (QED) is 0.762. The summed E-state index contributed by atoms with van der Waals surface area (Å²) in [7, 11) is 0. The second-order valence-corrected chi connectivity index (χ2v) is 5.01. The van der Waals surface area contributed by atoms with Gasteiger partial charge in [0.25, 0.3) is 0 Å². The first-order valence-electron chi connectivity index (χ1n) is 6.03. The van der Waals surface area contributed by atoms with E-state index in [4.69, 9.17) is 5.84 Å². The third-order valence-corrected chi connectivity index (χ3v) is 2.91. The fourth-order valence-corrected chi connectivity index (χ4v) is 1.64. The fourth-order valence-electron chi connectivity index (χ4n) is 1.64. The van der Waals surface area contributed by atoms with Crippen LogP contribution in [0.15, 0.2) is 60.6 Å². The first kappa shape index (κ1) is 15.0. The molecule has 0 bridgehead atoms. The zero-order valence-corrected chi connectivity index (χ0v) is 11.7. The van der Waals surface area contributed by atoms with Crippen LogP contribution in [-0.2, 0) is 4.79 Å². The van der Waals surface area contributed by atoms with E-state index in [0.717, 1.165) is 11.3 Å². The molecule has 0 spiro atoms. The smallest absolute Gasteiger partial charge is 0.234 e. The van der Waals surface area contributed by atoms with E-state index in [0.29, 0.717) is 5.70 Å². The highest BCUT2D eigenvalue weighted by Crippen LogP contribution is 2.31. The number of hydrogen-bond acceptors (Lipinski definition) is 3. The van der Waals surface area contributed by atoms with Gasteiger partial charge in [-0.25, -0.2) is 5.84 Å². The van der Waals surface area contributed by atoms with Crippen molar-refractivity contribution in [2.24, 2.45) is 11.3 Å². The van der Waals surface area contributed by atoms with E-state index < -0.39 is 5.41 Å². The van der Waals surface area contributed by atoms with E-state index in [1.54, 1.807) is 25.3 Å². The van der Waals surface area contributed by atoms with Crippen LogP contribution in [0.5, 0.6) is 0 Å². The number of rotatable bonds is 4. The van der Waals surface area contributed by atoms with Crippen LogP contribution in [0.25, 0.3) is 0 Å². The molecule has 1 rings (SSSR count). The lowest BCUT2D eigenvalue weighted by molar-refractivity contribution is -0.126. The van der Waals surface area contributed by atoms with Crippen LogP contribution in [0, 0.1) is 5.41 Å². The van der Waals surface area contributed by atoms with Gasteiger partial charge in [-0.3, -0.25) is 9.80 Å². The van der Waals surface area contributed by atoms with Gasteiger partial charge < -0.3 is 5.32 Å². The zero-order chi connectivity index (χ0) is 14.6. The molecular formula is C15H21N3O. The molecule has 0 saturated carbocycles. The number of hydrogen-bond donors (Lipinski definition) is 2. The third kappa shape index (κ3) is 3.45. The Morgan fingerprint density at radius 2 is 2.11 bits per heavy atom. The number of allylic oxidation sites excluding steroid dienone is 5. The summed E-state index contributed by atoms with van der Waals surface area (Å²) in [5, 5.41) is 4.21. The number of hydrazine groups is 1. The number of nitrogens with zero attached hydrogens (tertiary/aromatic N) is 1. The topological polar surface area (TPSA) is 58.4 Å². The number of nitrogens with one attached hydrogen (secondary N) is 1. The Kier molecular flexibility index (Phi) is 4.51. The van der Waals surface area contributed by atoms with Crippen LogP contribution in [0.2, 0.25) is 0 Å². The molecule has 0 aromatic rings. The van der Waals surface area contributed by atoms with E-state index in [1.165, 1.54) is 5.01 Å². The van der Waals surface area contributed by atoms with Crippen LogP contribution < -0.4 is 11.2 Å². The highest BCUT2D eigenvalue weighted by Gasteiger charge is 2.32. The molecule has 1 heterocycles. The minimum absolute atomic E-state index is 0.111. The highest BCUT2D eigenvalue weighted by molar-refractivity contribution is 5.87. The second-order valence-electron chi connectivity index (χ2n) is 5.01. The predicted molar refractivity (Wildman–Crippen MR) is 78.3 cm³/mol. The van der Waals surface area contributed by atoms with Crippen molar-refractivity contribution in [3.8, 4) is 0 Å². The lowest BCUT2D eigenvalue weighted by Crippen LogP contribution is -2.38. The van der Waals surface area contributed by atoms with Crippen LogP contribution in [0.4, 0.5) is 0 Å². The maximum Gasteiger partial charge on any atom is 0.234 e. The summed E-state index contributed by atoms with van der Waals surface area (Å²) in [4.78, 5) is 12.2. The first-order valence-corrected chi connectivity index (χ1v) is 6.03. The Bertz CT molecular complexity index is 496. The van der Waals surface area contributed by atoms with Crippen molar-refractivity contribution in [1.29, 1.82) is 0 Å². The number of amides is 1. The summed E-state index contributed by atoms with van der Waals surface area (Å²) in [6.07, 6.45) is 8.94. The number of carbonyl (C=O) groups excluding carboxylic acids is 1. The molecule has 1 aliphatic rings. The van der Waals surface area contributed by atoms with Gasteiger partial charge >= 0.3 is 0 Å². The SMILES string of the molecule is C=C/C=C1/C=CC(C(C)(C)C(=O)NC(=C)C)=CN1N. The van der Waals surface area contributed by atoms with E-state index in [2.05, 4.69) is 18.5 Å².